The Kier molecular flexibility index (Phi) is 29.8. The fourth-order valence-corrected chi connectivity index (χ4v) is 4.16. The molecule has 8 heteroatoms. The first-order chi connectivity index (χ1) is 11.8. The number of hydrogen-bond donors (Lipinski definition) is 2. The maximum Gasteiger partial charge on any atom is 2.00 e. The van der Waals surface area contributed by atoms with Crippen LogP contribution in [0.2, 0.25) is 0 Å². The van der Waals surface area contributed by atoms with E-state index in [0.717, 1.165) is 67.3 Å². The summed E-state index contributed by atoms with van der Waals surface area (Å²) >= 11 is 9.81. The Morgan fingerprint density at radius 3 is 1.04 bits per heavy atom. The first-order valence-electron chi connectivity index (χ1n) is 9.49. The van der Waals surface area contributed by atoms with Gasteiger partial charge in [-0.15, -0.1) is 0 Å². The first-order valence-corrected chi connectivity index (χ1v) is 10.6. The zero-order chi connectivity index (χ0) is 20.0. The van der Waals surface area contributed by atoms with E-state index in [0.29, 0.717) is 0 Å². The quantitative estimate of drug-likeness (QED) is 0.207. The van der Waals surface area contributed by atoms with E-state index in [1.807, 2.05) is 0 Å². The first kappa shape index (κ1) is 36.1. The van der Waals surface area contributed by atoms with E-state index < -0.39 is 0 Å². The largest absolute Gasteiger partial charge is 2.00 e. The Morgan fingerprint density at radius 2 is 0.852 bits per heavy atom. The second kappa shape index (κ2) is 22.3. The van der Waals surface area contributed by atoms with Gasteiger partial charge in [-0.05, 0) is 76.3 Å². The molecule has 0 bridgehead atoms. The van der Waals surface area contributed by atoms with Crippen LogP contribution >= 0.6 is 0 Å². The van der Waals surface area contributed by atoms with Crippen LogP contribution in [0.25, 0.3) is 0 Å². The van der Waals surface area contributed by atoms with Gasteiger partial charge in [-0.25, -0.2) is 0 Å². The molecule has 27 heavy (non-hydrogen) atoms. The van der Waals surface area contributed by atoms with Crippen LogP contribution in [0.5, 0.6) is 0 Å². The van der Waals surface area contributed by atoms with Gasteiger partial charge in [0.1, 0.15) is 0 Å². The molecule has 1 aliphatic carbocycles. The molecular weight excluding hydrogens is 512 g/mol. The van der Waals surface area contributed by atoms with Crippen molar-refractivity contribution in [2.24, 2.45) is 29.6 Å². The van der Waals surface area contributed by atoms with Crippen molar-refractivity contribution in [3.05, 3.63) is 0 Å². The van der Waals surface area contributed by atoms with Gasteiger partial charge in [-0.3, -0.25) is 10.5 Å². The van der Waals surface area contributed by atoms with Crippen molar-refractivity contribution >= 4 is 25.3 Å². The third kappa shape index (κ3) is 16.1. The maximum atomic E-state index is 6.00. The molecule has 0 aromatic carbocycles. The Hall–Kier alpha value is 1.66. The van der Waals surface area contributed by atoms with Gasteiger partial charge >= 0.3 is 36.0 Å². The zero-order valence-electron chi connectivity index (χ0n) is 18.1. The van der Waals surface area contributed by atoms with E-state index in [2.05, 4.69) is 58.5 Å². The van der Waals surface area contributed by atoms with E-state index in [9.17, 15) is 0 Å². The van der Waals surface area contributed by atoms with Gasteiger partial charge in [-0.2, -0.15) is 11.5 Å². The third-order valence-corrected chi connectivity index (χ3v) is 6.54. The topological polar surface area (TPSA) is 46.9 Å². The number of nitrogens with zero attached hydrogens (tertiary/aromatic N) is 2. The minimum atomic E-state index is 0. The average Bonchev–Trinajstić information content (AvgIpc) is 2.76. The number of rotatable bonds is 8. The Bertz CT molecular complexity index is 254. The molecule has 0 amide bonds. The summed E-state index contributed by atoms with van der Waals surface area (Å²) in [6.07, 6.45) is 1.21. The molecule has 1 fully saturated rings. The van der Waals surface area contributed by atoms with Crippen LogP contribution in [0.1, 0.15) is 41.0 Å². The van der Waals surface area contributed by atoms with Crippen molar-refractivity contribution in [3.8, 4) is 0 Å². The molecule has 0 aromatic heterocycles. The molecule has 2 N–H and O–H groups in total. The van der Waals surface area contributed by atoms with E-state index in [4.69, 9.17) is 35.8 Å². The van der Waals surface area contributed by atoms with Crippen molar-refractivity contribution < 1.29 is 46.5 Å². The van der Waals surface area contributed by atoms with Crippen LogP contribution in [0.3, 0.4) is 0 Å². The monoisotopic (exact) mass is 554 g/mol. The average molecular weight is 554 g/mol. The van der Waals surface area contributed by atoms with E-state index in [-0.39, 0.29) is 36.0 Å². The summed E-state index contributed by atoms with van der Waals surface area (Å²) in [6, 6.07) is 0. The third-order valence-electron chi connectivity index (χ3n) is 6.17. The SMILES string of the molecule is CC1C(C)C(C)C(C)C1C.CN(CC[S-])CCCN(C)CC[S-].OO.[Ni+2].[Ru+]. The molecular formula is C19H42N2NiO2RuS2+. The Labute approximate surface area is 203 Å². The van der Waals surface area contributed by atoms with Gasteiger partial charge in [0.2, 0.25) is 0 Å². The summed E-state index contributed by atoms with van der Waals surface area (Å²) < 4.78 is 0. The van der Waals surface area contributed by atoms with Crippen molar-refractivity contribution in [2.45, 2.75) is 41.0 Å². The summed E-state index contributed by atoms with van der Waals surface area (Å²) in [5.41, 5.74) is 0. The van der Waals surface area contributed by atoms with Crippen LogP contribution in [0.4, 0.5) is 0 Å². The van der Waals surface area contributed by atoms with Gasteiger partial charge in [0.25, 0.3) is 0 Å². The summed E-state index contributed by atoms with van der Waals surface area (Å²) in [7, 11) is 4.25. The molecule has 1 aliphatic rings. The second-order valence-electron chi connectivity index (χ2n) is 7.66. The fraction of sp³-hybridized carbons (Fsp3) is 1.00. The minimum Gasteiger partial charge on any atom is -0.791 e. The van der Waals surface area contributed by atoms with Crippen molar-refractivity contribution in [3.63, 3.8) is 0 Å². The van der Waals surface area contributed by atoms with Gasteiger partial charge in [0, 0.05) is 0 Å². The summed E-state index contributed by atoms with van der Waals surface area (Å²) in [6.45, 7) is 16.3. The molecule has 0 aliphatic heterocycles. The fourth-order valence-electron chi connectivity index (χ4n) is 3.54. The van der Waals surface area contributed by atoms with Gasteiger partial charge in [-0.1, -0.05) is 34.6 Å². The second-order valence-corrected chi connectivity index (χ2v) is 8.48. The molecule has 1 rings (SSSR count). The molecule has 0 atom stereocenters. The van der Waals surface area contributed by atoms with Crippen molar-refractivity contribution in [1.29, 1.82) is 0 Å². The molecule has 1 radical (unpaired) electrons. The number of hydrogen-bond acceptors (Lipinski definition) is 6. The smallest absolute Gasteiger partial charge is 0.791 e. The van der Waals surface area contributed by atoms with E-state index >= 15 is 0 Å². The van der Waals surface area contributed by atoms with Crippen LogP contribution in [-0.4, -0.2) is 72.1 Å². The Morgan fingerprint density at radius 1 is 0.630 bits per heavy atom. The van der Waals surface area contributed by atoms with Crippen LogP contribution in [0, 0.1) is 29.6 Å². The molecule has 0 saturated heterocycles. The maximum absolute atomic E-state index is 6.00. The van der Waals surface area contributed by atoms with Gasteiger partial charge < -0.3 is 35.1 Å². The normalized spacial score (nSPS) is 26.3. The predicted octanol–water partition coefficient (Wildman–Crippen LogP) is 3.53. The van der Waals surface area contributed by atoms with Crippen LogP contribution in [-0.2, 0) is 61.2 Å². The Balaban J connectivity index is -0.000000171. The molecule has 1 saturated carbocycles. The summed E-state index contributed by atoms with van der Waals surface area (Å²) in [5, 5.41) is 12.0. The molecule has 0 unspecified atom stereocenters. The van der Waals surface area contributed by atoms with Crippen LogP contribution < -0.4 is 0 Å². The van der Waals surface area contributed by atoms with Crippen LogP contribution in [0.15, 0.2) is 0 Å². The molecule has 0 heterocycles. The van der Waals surface area contributed by atoms with E-state index in [1.165, 1.54) is 6.42 Å². The summed E-state index contributed by atoms with van der Waals surface area (Å²) in [5.74, 6) is 6.34. The summed E-state index contributed by atoms with van der Waals surface area (Å²) in [4.78, 5) is 4.57. The van der Waals surface area contributed by atoms with Crippen molar-refractivity contribution in [2.75, 3.05) is 51.8 Å². The van der Waals surface area contributed by atoms with Gasteiger partial charge in [0.15, 0.2) is 0 Å². The molecule has 0 aromatic rings. The minimum absolute atomic E-state index is 0. The molecule has 4 nitrogen and oxygen atoms in total. The molecule has 169 valence electrons. The standard InChI is InChI=1S/C10H20.C9H22N2S2.Ni.H2O2.Ru/c1-6-7(2)9(4)10(5)8(6)3;1-10(6-8-12)4-3-5-11(2)7-9-13;;1-2;/h6-10H,1-5H3;12-13H,3-9H2,1-2H3;;1-2H;/q;;+2;;+1/p-2. The van der Waals surface area contributed by atoms with Gasteiger partial charge in [0.05, 0.1) is 0 Å². The van der Waals surface area contributed by atoms with Crippen molar-refractivity contribution in [1.82, 2.24) is 9.80 Å². The predicted molar refractivity (Wildman–Crippen MR) is 115 cm³/mol. The molecule has 0 spiro atoms. The zero-order valence-corrected chi connectivity index (χ0v) is 22.5. The van der Waals surface area contributed by atoms with E-state index in [1.54, 1.807) is 0 Å².